The summed E-state index contributed by atoms with van der Waals surface area (Å²) in [5.41, 5.74) is 6.94. The first-order valence-corrected chi connectivity index (χ1v) is 5.27. The monoisotopic (exact) mass is 233 g/mol. The van der Waals surface area contributed by atoms with Crippen LogP contribution in [0.4, 0.5) is 0 Å². The van der Waals surface area contributed by atoms with Crippen LogP contribution >= 0.6 is 0 Å². The van der Waals surface area contributed by atoms with Gasteiger partial charge in [-0.05, 0) is 24.3 Å². The van der Waals surface area contributed by atoms with Gasteiger partial charge >= 0.3 is 0 Å². The normalized spacial score (nSPS) is 12.2. The van der Waals surface area contributed by atoms with Crippen LogP contribution < -0.4 is 15.2 Å². The van der Waals surface area contributed by atoms with Crippen LogP contribution in [0.5, 0.6) is 11.5 Å². The average Bonchev–Trinajstić information content (AvgIpc) is 2.90. The maximum Gasteiger partial charge on any atom is 0.127 e. The van der Waals surface area contributed by atoms with Gasteiger partial charge in [-0.25, -0.2) is 0 Å². The Morgan fingerprint density at radius 3 is 2.18 bits per heavy atom. The first-order valence-electron chi connectivity index (χ1n) is 5.27. The number of ether oxygens (including phenoxy) is 2. The van der Waals surface area contributed by atoms with Gasteiger partial charge in [-0.2, -0.15) is 0 Å². The lowest BCUT2D eigenvalue weighted by atomic mass is 10.0. The minimum atomic E-state index is -0.406. The van der Waals surface area contributed by atoms with E-state index in [4.69, 9.17) is 19.6 Å². The molecule has 2 N–H and O–H groups in total. The van der Waals surface area contributed by atoms with Crippen molar-refractivity contribution in [2.24, 2.45) is 5.73 Å². The molecular weight excluding hydrogens is 218 g/mol. The molecule has 2 aromatic rings. The lowest BCUT2D eigenvalue weighted by Gasteiger charge is -2.17. The first-order chi connectivity index (χ1) is 8.27. The van der Waals surface area contributed by atoms with E-state index in [2.05, 4.69) is 0 Å². The largest absolute Gasteiger partial charge is 0.496 e. The van der Waals surface area contributed by atoms with Crippen LogP contribution in [0, 0.1) is 0 Å². The average molecular weight is 233 g/mol. The molecule has 0 radical (unpaired) electrons. The Morgan fingerprint density at radius 1 is 1.06 bits per heavy atom. The molecule has 0 saturated carbocycles. The van der Waals surface area contributed by atoms with E-state index in [1.165, 1.54) is 0 Å². The number of hydrogen-bond donors (Lipinski definition) is 1. The molecule has 1 aromatic carbocycles. The molecule has 0 saturated heterocycles. The maximum absolute atomic E-state index is 6.16. The van der Waals surface area contributed by atoms with Gasteiger partial charge < -0.3 is 19.6 Å². The summed E-state index contributed by atoms with van der Waals surface area (Å²) >= 11 is 0. The minimum Gasteiger partial charge on any atom is -0.496 e. The molecule has 0 spiro atoms. The number of rotatable bonds is 4. The highest BCUT2D eigenvalue weighted by molar-refractivity contribution is 5.49. The van der Waals surface area contributed by atoms with Crippen LogP contribution in [0.25, 0.3) is 0 Å². The van der Waals surface area contributed by atoms with E-state index in [0.717, 1.165) is 5.56 Å². The number of benzene rings is 1. The standard InChI is InChI=1S/C13H15NO3/c1-15-9-5-3-6-10(16-2)12(9)13(14)11-7-4-8-17-11/h3-8,13H,14H2,1-2H3. The first kappa shape index (κ1) is 11.5. The Balaban J connectivity index is 2.49. The van der Waals surface area contributed by atoms with Crippen molar-refractivity contribution in [3.05, 3.63) is 47.9 Å². The summed E-state index contributed by atoms with van der Waals surface area (Å²) < 4.78 is 15.9. The molecule has 4 heteroatoms. The van der Waals surface area contributed by atoms with E-state index >= 15 is 0 Å². The lowest BCUT2D eigenvalue weighted by molar-refractivity contribution is 0.376. The Kier molecular flexibility index (Phi) is 3.35. The predicted molar refractivity (Wildman–Crippen MR) is 64.3 cm³/mol. The van der Waals surface area contributed by atoms with E-state index in [1.807, 2.05) is 24.3 Å². The second-order valence-electron chi connectivity index (χ2n) is 3.57. The zero-order chi connectivity index (χ0) is 12.3. The minimum absolute atomic E-state index is 0.406. The van der Waals surface area contributed by atoms with Crippen LogP contribution in [-0.2, 0) is 0 Å². The van der Waals surface area contributed by atoms with Crippen molar-refractivity contribution in [3.8, 4) is 11.5 Å². The molecule has 90 valence electrons. The Labute approximate surface area is 99.9 Å². The van der Waals surface area contributed by atoms with Crippen LogP contribution in [0.3, 0.4) is 0 Å². The summed E-state index contributed by atoms with van der Waals surface area (Å²) in [6, 6.07) is 8.78. The Bertz CT molecular complexity index is 457. The molecule has 0 aliphatic heterocycles. The third-order valence-corrected chi connectivity index (χ3v) is 2.63. The van der Waals surface area contributed by atoms with Crippen molar-refractivity contribution >= 4 is 0 Å². The summed E-state index contributed by atoms with van der Waals surface area (Å²) in [7, 11) is 3.21. The van der Waals surface area contributed by atoms with Gasteiger partial charge in [0.15, 0.2) is 0 Å². The van der Waals surface area contributed by atoms with Crippen molar-refractivity contribution < 1.29 is 13.9 Å². The molecule has 0 aliphatic rings. The van der Waals surface area contributed by atoms with E-state index in [1.54, 1.807) is 26.5 Å². The zero-order valence-corrected chi connectivity index (χ0v) is 9.84. The highest BCUT2D eigenvalue weighted by atomic mass is 16.5. The number of hydrogen-bond acceptors (Lipinski definition) is 4. The quantitative estimate of drug-likeness (QED) is 0.880. The molecule has 1 atom stereocenters. The van der Waals surface area contributed by atoms with Gasteiger partial charge in [-0.3, -0.25) is 0 Å². The fourth-order valence-corrected chi connectivity index (χ4v) is 1.80. The third kappa shape index (κ3) is 2.12. The molecule has 0 bridgehead atoms. The summed E-state index contributed by atoms with van der Waals surface area (Å²) in [6.45, 7) is 0. The zero-order valence-electron chi connectivity index (χ0n) is 9.84. The van der Waals surface area contributed by atoms with Gasteiger partial charge in [0.2, 0.25) is 0 Å². The van der Waals surface area contributed by atoms with Gasteiger partial charge in [-0.15, -0.1) is 0 Å². The molecular formula is C13H15NO3. The molecule has 17 heavy (non-hydrogen) atoms. The van der Waals surface area contributed by atoms with Crippen LogP contribution in [0.15, 0.2) is 41.0 Å². The fourth-order valence-electron chi connectivity index (χ4n) is 1.80. The van der Waals surface area contributed by atoms with E-state index in [9.17, 15) is 0 Å². The third-order valence-electron chi connectivity index (χ3n) is 2.63. The van der Waals surface area contributed by atoms with Crippen molar-refractivity contribution in [1.82, 2.24) is 0 Å². The molecule has 0 fully saturated rings. The summed E-state index contributed by atoms with van der Waals surface area (Å²) in [5, 5.41) is 0. The van der Waals surface area contributed by atoms with Crippen LogP contribution in [0.1, 0.15) is 17.4 Å². The smallest absolute Gasteiger partial charge is 0.127 e. The number of furan rings is 1. The molecule has 1 aromatic heterocycles. The Hall–Kier alpha value is -1.94. The summed E-state index contributed by atoms with van der Waals surface area (Å²) in [6.07, 6.45) is 1.59. The van der Waals surface area contributed by atoms with Gasteiger partial charge in [-0.1, -0.05) is 6.07 Å². The van der Waals surface area contributed by atoms with Crippen molar-refractivity contribution in [2.75, 3.05) is 14.2 Å². The Morgan fingerprint density at radius 2 is 1.71 bits per heavy atom. The molecule has 0 aliphatic carbocycles. The molecule has 4 nitrogen and oxygen atoms in total. The summed E-state index contributed by atoms with van der Waals surface area (Å²) in [5.74, 6) is 2.05. The second-order valence-corrected chi connectivity index (χ2v) is 3.57. The van der Waals surface area contributed by atoms with Crippen molar-refractivity contribution in [1.29, 1.82) is 0 Å². The van der Waals surface area contributed by atoms with Gasteiger partial charge in [0, 0.05) is 0 Å². The highest BCUT2D eigenvalue weighted by Gasteiger charge is 2.20. The van der Waals surface area contributed by atoms with E-state index < -0.39 is 6.04 Å². The molecule has 0 amide bonds. The van der Waals surface area contributed by atoms with Gasteiger partial charge in [0.1, 0.15) is 17.3 Å². The topological polar surface area (TPSA) is 57.6 Å². The van der Waals surface area contributed by atoms with Gasteiger partial charge in [0.25, 0.3) is 0 Å². The van der Waals surface area contributed by atoms with Crippen LogP contribution in [-0.4, -0.2) is 14.2 Å². The number of methoxy groups -OCH3 is 2. The molecule has 1 heterocycles. The van der Waals surface area contributed by atoms with Crippen LogP contribution in [0.2, 0.25) is 0 Å². The molecule has 1 unspecified atom stereocenters. The predicted octanol–water partition coefficient (Wildman–Crippen LogP) is 2.34. The molecule has 2 rings (SSSR count). The summed E-state index contributed by atoms with van der Waals surface area (Å²) in [4.78, 5) is 0. The highest BCUT2D eigenvalue weighted by Crippen LogP contribution is 2.35. The maximum atomic E-state index is 6.16. The van der Waals surface area contributed by atoms with E-state index in [0.29, 0.717) is 17.3 Å². The lowest BCUT2D eigenvalue weighted by Crippen LogP contribution is -2.13. The second kappa shape index (κ2) is 4.93. The number of nitrogens with two attached hydrogens (primary N) is 1. The fraction of sp³-hybridized carbons (Fsp3) is 0.231. The van der Waals surface area contributed by atoms with Crippen molar-refractivity contribution in [2.45, 2.75) is 6.04 Å². The van der Waals surface area contributed by atoms with Crippen molar-refractivity contribution in [3.63, 3.8) is 0 Å². The van der Waals surface area contributed by atoms with E-state index in [-0.39, 0.29) is 0 Å². The SMILES string of the molecule is COc1cccc(OC)c1C(N)c1ccco1. The van der Waals surface area contributed by atoms with Gasteiger partial charge in [0.05, 0.1) is 32.1 Å².